The summed E-state index contributed by atoms with van der Waals surface area (Å²) >= 11 is 0. The highest BCUT2D eigenvalue weighted by molar-refractivity contribution is 5.85. The molecule has 2 heterocycles. The Hall–Kier alpha value is -2.38. The second-order valence-corrected chi connectivity index (χ2v) is 24.9. The highest BCUT2D eigenvalue weighted by Crippen LogP contribution is 2.81. The number of nitrogens with zero attached hydrogens (tertiary/aromatic N) is 2. The van der Waals surface area contributed by atoms with E-state index in [0.29, 0.717) is 47.3 Å². The molecule has 0 aromatic carbocycles. The molecule has 7 aliphatic carbocycles. The van der Waals surface area contributed by atoms with Gasteiger partial charge in [-0.3, -0.25) is 14.4 Å². The average Bonchev–Trinajstić information content (AvgIpc) is 3.49. The van der Waals surface area contributed by atoms with Crippen molar-refractivity contribution in [2.75, 3.05) is 6.54 Å². The molecule has 0 unspecified atom stereocenters. The summed E-state index contributed by atoms with van der Waals surface area (Å²) in [7, 11) is 0. The van der Waals surface area contributed by atoms with Crippen molar-refractivity contribution in [3.63, 3.8) is 0 Å². The third-order valence-corrected chi connectivity index (χ3v) is 21.3. The summed E-state index contributed by atoms with van der Waals surface area (Å²) in [5.41, 5.74) is 0.893. The summed E-state index contributed by atoms with van der Waals surface area (Å²) in [6, 6.07) is 0.0402. The molecule has 1 aliphatic heterocycles. The molecular weight excluding hydrogens is 723 g/mol. The molecule has 1 amide bonds. The number of carbonyl (C=O) groups is 3. The second kappa shape index (κ2) is 12.8. The van der Waals surface area contributed by atoms with Gasteiger partial charge in [0, 0.05) is 23.6 Å². The summed E-state index contributed by atoms with van der Waals surface area (Å²) in [6.07, 6.45) is 18.1. The number of nitrogens with one attached hydrogen (secondary N) is 1. The first-order valence-corrected chi connectivity index (χ1v) is 23.8. The van der Waals surface area contributed by atoms with Crippen molar-refractivity contribution in [3.8, 4) is 0 Å². The number of imidazole rings is 1. The van der Waals surface area contributed by atoms with Crippen LogP contribution in [0.4, 0.5) is 0 Å². The lowest BCUT2D eigenvalue weighted by Crippen LogP contribution is -2.66. The maximum Gasteiger partial charge on any atom is 0.309 e. The molecule has 0 radical (unpaired) electrons. The Morgan fingerprint density at radius 3 is 2.03 bits per heavy atom. The van der Waals surface area contributed by atoms with E-state index in [0.717, 1.165) is 69.4 Å². The number of aliphatic carboxylic acids is 1. The van der Waals surface area contributed by atoms with Gasteiger partial charge in [0.15, 0.2) is 0 Å². The van der Waals surface area contributed by atoms with Crippen LogP contribution in [0.1, 0.15) is 190 Å². The molecule has 8 fully saturated rings. The Labute approximate surface area is 349 Å². The minimum Gasteiger partial charge on any atom is -0.481 e. The van der Waals surface area contributed by atoms with E-state index in [2.05, 4.69) is 78.4 Å². The molecule has 7 saturated carbocycles. The first kappa shape index (κ1) is 41.0. The maximum absolute atomic E-state index is 15.7. The van der Waals surface area contributed by atoms with Crippen LogP contribution in [0.25, 0.3) is 0 Å². The van der Waals surface area contributed by atoms with Crippen LogP contribution in [0.3, 0.4) is 0 Å². The van der Waals surface area contributed by atoms with Gasteiger partial charge in [-0.25, -0.2) is 4.98 Å². The van der Waals surface area contributed by atoms with Crippen molar-refractivity contribution in [3.05, 3.63) is 17.7 Å². The Balaban J connectivity index is 0.982. The van der Waals surface area contributed by atoms with Crippen LogP contribution in [0.15, 0.2) is 6.20 Å². The van der Waals surface area contributed by atoms with Gasteiger partial charge in [-0.2, -0.15) is 0 Å². The van der Waals surface area contributed by atoms with Gasteiger partial charge in [0.1, 0.15) is 11.9 Å². The number of ether oxygens (including phenoxy) is 1. The van der Waals surface area contributed by atoms with Gasteiger partial charge < -0.3 is 19.7 Å². The number of esters is 1. The third-order valence-electron chi connectivity index (χ3n) is 21.3. The van der Waals surface area contributed by atoms with Gasteiger partial charge in [-0.1, -0.05) is 76.2 Å². The number of amides is 1. The molecule has 8 aliphatic rings. The number of carboxylic acids is 1. The highest BCUT2D eigenvalue weighted by Gasteiger charge is 2.75. The Bertz CT molecular complexity index is 1850. The lowest BCUT2D eigenvalue weighted by molar-refractivity contribution is -0.233. The van der Waals surface area contributed by atoms with E-state index in [4.69, 9.17) is 9.72 Å². The molecule has 322 valence electrons. The van der Waals surface area contributed by atoms with E-state index in [-0.39, 0.29) is 56.5 Å². The number of fused-ring (bicyclic) bond motifs is 7. The van der Waals surface area contributed by atoms with Crippen LogP contribution < -0.4 is 0 Å². The molecule has 0 spiro atoms. The molecule has 2 N–H and O–H groups in total. The van der Waals surface area contributed by atoms with Crippen LogP contribution >= 0.6 is 0 Å². The number of hydrogen-bond donors (Lipinski definition) is 2. The highest BCUT2D eigenvalue weighted by atomic mass is 16.5. The predicted molar refractivity (Wildman–Crippen MR) is 225 cm³/mol. The number of H-pyrrole nitrogens is 1. The largest absolute Gasteiger partial charge is 0.481 e. The van der Waals surface area contributed by atoms with Gasteiger partial charge in [0.2, 0.25) is 5.91 Å². The zero-order valence-corrected chi connectivity index (χ0v) is 38.1. The molecule has 1 saturated heterocycles. The van der Waals surface area contributed by atoms with Crippen LogP contribution in [0.5, 0.6) is 0 Å². The van der Waals surface area contributed by atoms with Gasteiger partial charge in [-0.05, 0) is 153 Å². The second-order valence-electron chi connectivity index (χ2n) is 24.9. The third kappa shape index (κ3) is 5.41. The van der Waals surface area contributed by atoms with Crippen LogP contribution in [-0.2, 0) is 24.5 Å². The molecule has 58 heavy (non-hydrogen) atoms. The topological polar surface area (TPSA) is 113 Å². The van der Waals surface area contributed by atoms with Gasteiger partial charge in [-0.15, -0.1) is 0 Å². The lowest BCUT2D eigenvalue weighted by Gasteiger charge is -2.71. The van der Waals surface area contributed by atoms with Crippen LogP contribution in [0.2, 0.25) is 0 Å². The average molecular weight is 800 g/mol. The quantitative estimate of drug-likeness (QED) is 0.277. The van der Waals surface area contributed by atoms with E-state index in [1.54, 1.807) is 0 Å². The molecule has 0 bridgehead atoms. The molecular formula is C50H77N3O5. The number of aromatic nitrogens is 2. The van der Waals surface area contributed by atoms with Gasteiger partial charge >= 0.3 is 11.9 Å². The fourth-order valence-corrected chi connectivity index (χ4v) is 16.7. The first-order valence-electron chi connectivity index (χ1n) is 23.8. The molecule has 1 aromatic heterocycles. The van der Waals surface area contributed by atoms with E-state index >= 15 is 4.79 Å². The smallest absolute Gasteiger partial charge is 0.309 e. The summed E-state index contributed by atoms with van der Waals surface area (Å²) in [5, 5.41) is 9.70. The lowest BCUT2D eigenvalue weighted by atomic mass is 9.34. The minimum atomic E-state index is -0.807. The summed E-state index contributed by atoms with van der Waals surface area (Å²) in [6.45, 7) is 26.6. The van der Waals surface area contributed by atoms with Crippen molar-refractivity contribution in [1.82, 2.24) is 14.9 Å². The summed E-state index contributed by atoms with van der Waals surface area (Å²) < 4.78 is 6.45. The monoisotopic (exact) mass is 800 g/mol. The van der Waals surface area contributed by atoms with Gasteiger partial charge in [0.25, 0.3) is 0 Å². The SMILES string of the molecule is CC(C)(C)c1c[nH]c([C@@H]2CCCN2C(=O)[C@]23CC[C@@](C)(C4(C)CC4)[C@H]2[C@H]2CC[C@@H]4[C@H]5CC[C@H](OC(=O)[C@H]6C[C@@H](C(=O)O)C6(C)C)C(C)(C)[C@@H]5CC[C@@]4(C)[C@]2(C)CC3)n1. The van der Waals surface area contributed by atoms with Gasteiger partial charge in [0.05, 0.1) is 29.0 Å². The zero-order chi connectivity index (χ0) is 41.8. The number of carbonyl (C=O) groups excluding carboxylic acids is 2. The molecule has 8 nitrogen and oxygen atoms in total. The Morgan fingerprint density at radius 2 is 1.41 bits per heavy atom. The standard InChI is InChI=1S/C50H77N3O5/c1-43(2,3)36-28-51-39(52-36)35-13-12-26-53(35)42(57)50-24-22-48(10)32(38(50)49(11,23-25-50)46(8)20-21-46)16-15-31-29-14-17-37(45(6,7)30(29)18-19-47(31,48)9)58-41(56)34-27-33(40(54)55)44(34,4)5/h28-35,37-38H,12-27H2,1-11H3,(H,51,52)(H,54,55)/t29-,30+,31+,32+,33-,34+,35-,37-,38+,47+,48+,49+,50+/m0/s1. The fraction of sp³-hybridized carbons (Fsp3) is 0.880. The molecule has 1 aromatic rings. The minimum absolute atomic E-state index is 0.0368. The zero-order valence-electron chi connectivity index (χ0n) is 38.1. The summed E-state index contributed by atoms with van der Waals surface area (Å²) in [5.74, 6) is 2.30. The number of likely N-dealkylation sites (tertiary alicyclic amines) is 1. The van der Waals surface area contributed by atoms with Crippen molar-refractivity contribution in [2.24, 2.45) is 79.3 Å². The van der Waals surface area contributed by atoms with Crippen molar-refractivity contribution >= 4 is 17.8 Å². The van der Waals surface area contributed by atoms with Crippen molar-refractivity contribution in [2.45, 2.75) is 190 Å². The summed E-state index contributed by atoms with van der Waals surface area (Å²) in [4.78, 5) is 52.2. The predicted octanol–water partition coefficient (Wildman–Crippen LogP) is 10.9. The Kier molecular flexibility index (Phi) is 9.07. The Morgan fingerprint density at radius 1 is 0.759 bits per heavy atom. The first-order chi connectivity index (χ1) is 27.0. The normalized spacial score (nSPS) is 45.8. The number of aromatic amines is 1. The van der Waals surface area contributed by atoms with Crippen LogP contribution in [0, 0.1) is 79.3 Å². The van der Waals surface area contributed by atoms with E-state index < -0.39 is 17.3 Å². The van der Waals surface area contributed by atoms with Crippen molar-refractivity contribution in [1.29, 1.82) is 0 Å². The number of carboxylic acid groups (broad SMARTS) is 1. The number of hydrogen-bond acceptors (Lipinski definition) is 5. The molecule has 13 atom stereocenters. The van der Waals surface area contributed by atoms with E-state index in [1.807, 2.05) is 13.8 Å². The fourth-order valence-electron chi connectivity index (χ4n) is 16.7. The maximum atomic E-state index is 15.7. The number of rotatable bonds is 6. The molecule has 8 heteroatoms. The van der Waals surface area contributed by atoms with Crippen molar-refractivity contribution < 1.29 is 24.2 Å². The molecule has 9 rings (SSSR count). The van der Waals surface area contributed by atoms with E-state index in [9.17, 15) is 14.7 Å². The van der Waals surface area contributed by atoms with E-state index in [1.165, 1.54) is 38.5 Å². The van der Waals surface area contributed by atoms with Crippen LogP contribution in [-0.4, -0.2) is 50.5 Å².